The lowest BCUT2D eigenvalue weighted by atomic mass is 10.1. The zero-order chi connectivity index (χ0) is 16.1. The summed E-state index contributed by atoms with van der Waals surface area (Å²) < 4.78 is 1.56. The number of carbonyl (C=O) groups is 2. The molecule has 2 rings (SSSR count). The number of amides is 1. The van der Waals surface area contributed by atoms with Crippen molar-refractivity contribution in [3.05, 3.63) is 42.2 Å². The Kier molecular flexibility index (Phi) is 4.88. The Balaban J connectivity index is 2.23. The average molecular weight is 302 g/mol. The molecule has 7 nitrogen and oxygen atoms in total. The van der Waals surface area contributed by atoms with Crippen LogP contribution in [0.15, 0.2) is 36.7 Å². The molecule has 2 aromatic rings. The zero-order valence-corrected chi connectivity index (χ0v) is 12.5. The highest BCUT2D eigenvalue weighted by molar-refractivity contribution is 5.95. The van der Waals surface area contributed by atoms with Gasteiger partial charge in [-0.05, 0) is 32.0 Å². The largest absolute Gasteiger partial charge is 0.481 e. The Morgan fingerprint density at radius 2 is 2.14 bits per heavy atom. The second-order valence-electron chi connectivity index (χ2n) is 5.13. The molecule has 0 saturated carbocycles. The van der Waals surface area contributed by atoms with E-state index in [1.807, 2.05) is 19.9 Å². The van der Waals surface area contributed by atoms with Gasteiger partial charge in [0.05, 0.1) is 24.5 Å². The number of carboxylic acids is 1. The lowest BCUT2D eigenvalue weighted by molar-refractivity contribution is -0.137. The van der Waals surface area contributed by atoms with Gasteiger partial charge in [-0.3, -0.25) is 9.59 Å². The summed E-state index contributed by atoms with van der Waals surface area (Å²) in [5, 5.41) is 16.4. The van der Waals surface area contributed by atoms with Crippen LogP contribution in [-0.4, -0.2) is 49.5 Å². The summed E-state index contributed by atoms with van der Waals surface area (Å²) in [7, 11) is 0. The van der Waals surface area contributed by atoms with Gasteiger partial charge in [0.15, 0.2) is 0 Å². The van der Waals surface area contributed by atoms with Crippen LogP contribution in [0.2, 0.25) is 0 Å². The lowest BCUT2D eigenvalue weighted by Crippen LogP contribution is -2.38. The molecule has 0 aliphatic heterocycles. The Labute approximate surface area is 128 Å². The molecule has 22 heavy (non-hydrogen) atoms. The highest BCUT2D eigenvalue weighted by atomic mass is 16.4. The summed E-state index contributed by atoms with van der Waals surface area (Å²) in [6.07, 6.45) is 3.17. The van der Waals surface area contributed by atoms with Crippen LogP contribution in [0.5, 0.6) is 0 Å². The standard InChI is InChI=1S/C15H18N4O3/c1-11(2)18(8-6-14(20)21)15(22)12-4-3-5-13(10-12)19-9-7-16-17-19/h3-5,7,9-11H,6,8H2,1-2H3,(H,20,21). The first-order valence-electron chi connectivity index (χ1n) is 6.98. The van der Waals surface area contributed by atoms with E-state index in [0.717, 1.165) is 5.69 Å². The van der Waals surface area contributed by atoms with Crippen molar-refractivity contribution < 1.29 is 14.7 Å². The van der Waals surface area contributed by atoms with Gasteiger partial charge in [0, 0.05) is 18.2 Å². The molecule has 1 N–H and O–H groups in total. The number of nitrogens with zero attached hydrogens (tertiary/aromatic N) is 4. The molecule has 0 bridgehead atoms. The van der Waals surface area contributed by atoms with Crippen LogP contribution in [0.25, 0.3) is 5.69 Å². The first kappa shape index (κ1) is 15.7. The van der Waals surface area contributed by atoms with Crippen LogP contribution in [0, 0.1) is 0 Å². The molecule has 0 saturated heterocycles. The number of aromatic nitrogens is 3. The number of hydrogen-bond donors (Lipinski definition) is 1. The van der Waals surface area contributed by atoms with E-state index in [4.69, 9.17) is 5.11 Å². The van der Waals surface area contributed by atoms with Gasteiger partial charge in [-0.1, -0.05) is 11.3 Å². The van der Waals surface area contributed by atoms with Gasteiger partial charge in [-0.15, -0.1) is 5.10 Å². The first-order valence-corrected chi connectivity index (χ1v) is 6.98. The van der Waals surface area contributed by atoms with Gasteiger partial charge in [0.1, 0.15) is 0 Å². The van der Waals surface area contributed by atoms with Crippen molar-refractivity contribution >= 4 is 11.9 Å². The molecule has 1 aromatic heterocycles. The number of rotatable bonds is 6. The molecule has 0 fully saturated rings. The van der Waals surface area contributed by atoms with Gasteiger partial charge in [0.25, 0.3) is 5.91 Å². The van der Waals surface area contributed by atoms with Crippen LogP contribution in [0.1, 0.15) is 30.6 Å². The third kappa shape index (κ3) is 3.69. The van der Waals surface area contributed by atoms with Gasteiger partial charge in [-0.25, -0.2) is 4.68 Å². The molecule has 0 radical (unpaired) electrons. The molecule has 0 aliphatic rings. The fraction of sp³-hybridized carbons (Fsp3) is 0.333. The smallest absolute Gasteiger partial charge is 0.305 e. The molecule has 0 unspecified atom stereocenters. The average Bonchev–Trinajstić information content (AvgIpc) is 3.01. The summed E-state index contributed by atoms with van der Waals surface area (Å²) in [5.41, 5.74) is 1.22. The fourth-order valence-electron chi connectivity index (χ4n) is 2.10. The second-order valence-corrected chi connectivity index (χ2v) is 5.13. The number of aliphatic carboxylic acids is 1. The molecule has 0 atom stereocenters. The highest BCUT2D eigenvalue weighted by Crippen LogP contribution is 2.13. The summed E-state index contributed by atoms with van der Waals surface area (Å²) in [5.74, 6) is -1.12. The fourth-order valence-corrected chi connectivity index (χ4v) is 2.10. The summed E-state index contributed by atoms with van der Waals surface area (Å²) in [6.45, 7) is 3.90. The Hall–Kier alpha value is -2.70. The predicted octanol–water partition coefficient (Wildman–Crippen LogP) is 1.59. The first-order chi connectivity index (χ1) is 10.5. The van der Waals surface area contributed by atoms with E-state index < -0.39 is 5.97 Å². The minimum atomic E-state index is -0.921. The Bertz CT molecular complexity index is 653. The van der Waals surface area contributed by atoms with Crippen molar-refractivity contribution in [1.29, 1.82) is 0 Å². The maximum atomic E-state index is 12.6. The maximum Gasteiger partial charge on any atom is 0.305 e. The van der Waals surface area contributed by atoms with Crippen molar-refractivity contribution in [1.82, 2.24) is 19.9 Å². The van der Waals surface area contributed by atoms with Gasteiger partial charge < -0.3 is 10.0 Å². The second kappa shape index (κ2) is 6.84. The highest BCUT2D eigenvalue weighted by Gasteiger charge is 2.20. The molecule has 116 valence electrons. The molecule has 0 spiro atoms. The zero-order valence-electron chi connectivity index (χ0n) is 12.5. The topological polar surface area (TPSA) is 88.3 Å². The third-order valence-corrected chi connectivity index (χ3v) is 3.23. The maximum absolute atomic E-state index is 12.6. The van der Waals surface area contributed by atoms with E-state index >= 15 is 0 Å². The molecule has 7 heteroatoms. The molecular weight excluding hydrogens is 284 g/mol. The van der Waals surface area contributed by atoms with E-state index in [0.29, 0.717) is 5.56 Å². The summed E-state index contributed by atoms with van der Waals surface area (Å²) in [6, 6.07) is 6.93. The van der Waals surface area contributed by atoms with E-state index in [2.05, 4.69) is 10.3 Å². The van der Waals surface area contributed by atoms with Gasteiger partial charge in [-0.2, -0.15) is 0 Å². The summed E-state index contributed by atoms with van der Waals surface area (Å²) >= 11 is 0. The SMILES string of the molecule is CC(C)N(CCC(=O)O)C(=O)c1cccc(-n2ccnn2)c1. The Morgan fingerprint density at radius 1 is 1.36 bits per heavy atom. The quantitative estimate of drug-likeness (QED) is 0.875. The predicted molar refractivity (Wildman–Crippen MR) is 79.8 cm³/mol. The lowest BCUT2D eigenvalue weighted by Gasteiger charge is -2.26. The third-order valence-electron chi connectivity index (χ3n) is 3.23. The van der Waals surface area contributed by atoms with Crippen molar-refractivity contribution in [3.63, 3.8) is 0 Å². The Morgan fingerprint density at radius 3 is 2.73 bits per heavy atom. The molecular formula is C15H18N4O3. The monoisotopic (exact) mass is 302 g/mol. The minimum absolute atomic E-state index is 0.0767. The van der Waals surface area contributed by atoms with Crippen molar-refractivity contribution in [3.8, 4) is 5.69 Å². The number of hydrogen-bond acceptors (Lipinski definition) is 4. The van der Waals surface area contributed by atoms with Crippen LogP contribution >= 0.6 is 0 Å². The van der Waals surface area contributed by atoms with E-state index in [1.54, 1.807) is 40.2 Å². The van der Waals surface area contributed by atoms with Crippen LogP contribution in [0.3, 0.4) is 0 Å². The van der Waals surface area contributed by atoms with Gasteiger partial charge >= 0.3 is 5.97 Å². The van der Waals surface area contributed by atoms with Crippen LogP contribution in [-0.2, 0) is 4.79 Å². The molecule has 1 aromatic carbocycles. The van der Waals surface area contributed by atoms with E-state index in [9.17, 15) is 9.59 Å². The van der Waals surface area contributed by atoms with Crippen molar-refractivity contribution in [2.75, 3.05) is 6.54 Å². The normalized spacial score (nSPS) is 10.7. The van der Waals surface area contributed by atoms with E-state index in [-0.39, 0.29) is 24.9 Å². The minimum Gasteiger partial charge on any atom is -0.481 e. The number of carboxylic acid groups (broad SMARTS) is 1. The van der Waals surface area contributed by atoms with E-state index in [1.165, 1.54) is 0 Å². The molecule has 1 heterocycles. The van der Waals surface area contributed by atoms with Crippen molar-refractivity contribution in [2.24, 2.45) is 0 Å². The summed E-state index contributed by atoms with van der Waals surface area (Å²) in [4.78, 5) is 24.9. The molecule has 1 amide bonds. The van der Waals surface area contributed by atoms with Gasteiger partial charge in [0.2, 0.25) is 0 Å². The van der Waals surface area contributed by atoms with Crippen molar-refractivity contribution in [2.45, 2.75) is 26.3 Å². The number of benzene rings is 1. The molecule has 0 aliphatic carbocycles. The number of carbonyl (C=O) groups excluding carboxylic acids is 1. The van der Waals surface area contributed by atoms with Crippen LogP contribution < -0.4 is 0 Å². The van der Waals surface area contributed by atoms with Crippen LogP contribution in [0.4, 0.5) is 0 Å².